The Morgan fingerprint density at radius 1 is 1.35 bits per heavy atom. The predicted molar refractivity (Wildman–Crippen MR) is 89.1 cm³/mol. The van der Waals surface area contributed by atoms with Crippen LogP contribution in [0.5, 0.6) is 0 Å². The molecule has 0 aromatic carbocycles. The van der Waals surface area contributed by atoms with Gasteiger partial charge in [-0.15, -0.1) is 0 Å². The lowest BCUT2D eigenvalue weighted by Crippen LogP contribution is -2.54. The van der Waals surface area contributed by atoms with E-state index in [4.69, 9.17) is 0 Å². The Balaban J connectivity index is 2.48. The first-order valence-corrected chi connectivity index (χ1v) is 10.7. The van der Waals surface area contributed by atoms with E-state index in [1.165, 1.54) is 19.3 Å². The lowest BCUT2D eigenvalue weighted by Gasteiger charge is -2.39. The first kappa shape index (κ1) is 18.3. The van der Waals surface area contributed by atoms with Crippen LogP contribution in [0.25, 0.3) is 0 Å². The molecular weight excluding hydrogens is 292 g/mol. The third-order valence-corrected chi connectivity index (χ3v) is 7.21. The summed E-state index contributed by atoms with van der Waals surface area (Å²) >= 11 is 1.76. The summed E-state index contributed by atoms with van der Waals surface area (Å²) in [5.74, 6) is 2.00. The third-order valence-electron chi connectivity index (χ3n) is 3.90. The molecule has 0 aromatic heterocycles. The summed E-state index contributed by atoms with van der Waals surface area (Å²) in [7, 11) is -2.98. The highest BCUT2D eigenvalue weighted by atomic mass is 32.2. The molecular formula is C14H30N2O2S2. The van der Waals surface area contributed by atoms with Gasteiger partial charge in [-0.2, -0.15) is 11.8 Å². The molecule has 0 radical (unpaired) electrons. The van der Waals surface area contributed by atoms with Crippen LogP contribution in [-0.2, 0) is 9.84 Å². The zero-order valence-corrected chi connectivity index (χ0v) is 14.7. The van der Waals surface area contributed by atoms with Gasteiger partial charge in [0.25, 0.3) is 0 Å². The topological polar surface area (TPSA) is 49.4 Å². The second-order valence-corrected chi connectivity index (χ2v) is 9.08. The van der Waals surface area contributed by atoms with Crippen molar-refractivity contribution in [2.24, 2.45) is 0 Å². The van der Waals surface area contributed by atoms with Crippen LogP contribution in [0.2, 0.25) is 0 Å². The number of nitrogens with one attached hydrogen (secondary N) is 1. The molecule has 1 saturated heterocycles. The van der Waals surface area contributed by atoms with Crippen LogP contribution in [0.4, 0.5) is 0 Å². The van der Waals surface area contributed by atoms with Gasteiger partial charge in [-0.3, -0.25) is 4.90 Å². The Morgan fingerprint density at radius 3 is 2.75 bits per heavy atom. The van der Waals surface area contributed by atoms with E-state index in [1.54, 1.807) is 18.7 Å². The molecule has 2 unspecified atom stereocenters. The Kier molecular flexibility index (Phi) is 8.48. The highest BCUT2D eigenvalue weighted by Gasteiger charge is 2.35. The quantitative estimate of drug-likeness (QED) is 0.658. The summed E-state index contributed by atoms with van der Waals surface area (Å²) in [5.41, 5.74) is 0. The van der Waals surface area contributed by atoms with E-state index in [0.29, 0.717) is 0 Å². The highest BCUT2D eigenvalue weighted by molar-refractivity contribution is 8.01. The number of hydrogen-bond donors (Lipinski definition) is 1. The first-order chi connectivity index (χ1) is 9.53. The summed E-state index contributed by atoms with van der Waals surface area (Å²) in [6.45, 7) is 8.89. The molecule has 1 fully saturated rings. The molecule has 120 valence electrons. The van der Waals surface area contributed by atoms with Crippen LogP contribution in [0.15, 0.2) is 0 Å². The van der Waals surface area contributed by atoms with Gasteiger partial charge in [0.15, 0.2) is 9.84 Å². The van der Waals surface area contributed by atoms with Gasteiger partial charge in [0.2, 0.25) is 0 Å². The van der Waals surface area contributed by atoms with E-state index in [0.717, 1.165) is 31.1 Å². The molecule has 0 aromatic rings. The van der Waals surface area contributed by atoms with Crippen molar-refractivity contribution in [3.63, 3.8) is 0 Å². The minimum atomic E-state index is -2.98. The summed E-state index contributed by atoms with van der Waals surface area (Å²) in [5, 5.41) is 3.17. The number of rotatable bonds is 9. The number of thioether (sulfide) groups is 1. The van der Waals surface area contributed by atoms with E-state index < -0.39 is 9.84 Å². The molecule has 1 rings (SSSR count). The van der Waals surface area contributed by atoms with Gasteiger partial charge in [0.05, 0.1) is 0 Å². The molecule has 0 spiro atoms. The monoisotopic (exact) mass is 322 g/mol. The molecule has 0 amide bonds. The van der Waals surface area contributed by atoms with E-state index in [-0.39, 0.29) is 17.2 Å². The molecule has 20 heavy (non-hydrogen) atoms. The van der Waals surface area contributed by atoms with E-state index >= 15 is 0 Å². The number of nitrogens with zero attached hydrogens (tertiary/aromatic N) is 1. The van der Waals surface area contributed by atoms with Crippen molar-refractivity contribution >= 4 is 21.6 Å². The molecule has 0 saturated carbocycles. The Labute approximate surface area is 129 Å². The van der Waals surface area contributed by atoms with Crippen LogP contribution >= 0.6 is 11.8 Å². The van der Waals surface area contributed by atoms with Crippen LogP contribution in [0.1, 0.15) is 40.0 Å². The van der Waals surface area contributed by atoms with E-state index in [9.17, 15) is 8.42 Å². The number of sulfone groups is 1. The second-order valence-electron chi connectivity index (χ2n) is 5.48. The van der Waals surface area contributed by atoms with E-state index in [2.05, 4.69) is 24.1 Å². The van der Waals surface area contributed by atoms with Gasteiger partial charge in [0, 0.05) is 36.4 Å². The van der Waals surface area contributed by atoms with Gasteiger partial charge >= 0.3 is 0 Å². The van der Waals surface area contributed by atoms with Crippen molar-refractivity contribution in [1.29, 1.82) is 0 Å². The highest BCUT2D eigenvalue weighted by Crippen LogP contribution is 2.23. The Hall–Kier alpha value is 0.220. The molecule has 0 aliphatic carbocycles. The zero-order valence-electron chi connectivity index (χ0n) is 13.1. The number of unbranched alkanes of at least 4 members (excludes halogenated alkanes) is 2. The minimum absolute atomic E-state index is 0.241. The van der Waals surface area contributed by atoms with Crippen molar-refractivity contribution in [2.75, 3.05) is 36.9 Å². The predicted octanol–water partition coefficient (Wildman–Crippen LogP) is 1.96. The lowest BCUT2D eigenvalue weighted by atomic mass is 10.2. The van der Waals surface area contributed by atoms with Gasteiger partial charge in [-0.1, -0.05) is 26.7 Å². The largest absolute Gasteiger partial charge is 0.315 e. The molecule has 4 nitrogen and oxygen atoms in total. The smallest absolute Gasteiger partial charge is 0.166 e. The summed E-state index contributed by atoms with van der Waals surface area (Å²) in [6.07, 6.45) is 3.70. The van der Waals surface area contributed by atoms with E-state index in [1.807, 2.05) is 0 Å². The normalized spacial score (nSPS) is 22.9. The zero-order chi connectivity index (χ0) is 15.0. The van der Waals surface area contributed by atoms with Gasteiger partial charge in [0.1, 0.15) is 5.37 Å². The fourth-order valence-corrected chi connectivity index (χ4v) is 5.66. The third kappa shape index (κ3) is 5.54. The fourth-order valence-electron chi connectivity index (χ4n) is 2.53. The van der Waals surface area contributed by atoms with Crippen molar-refractivity contribution in [2.45, 2.75) is 51.4 Å². The van der Waals surface area contributed by atoms with Gasteiger partial charge in [-0.05, 0) is 19.9 Å². The molecule has 1 aliphatic heterocycles. The summed E-state index contributed by atoms with van der Waals surface area (Å²) in [6, 6.07) is 0.281. The molecule has 2 atom stereocenters. The van der Waals surface area contributed by atoms with Crippen molar-refractivity contribution < 1.29 is 8.42 Å². The standard InChI is InChI=1S/C14H30N2O2S2/c1-4-6-7-8-15-11-13(3)16-9-10-19-12-14(16)20(17,18)5-2/h13-15H,4-12H2,1-3H3. The Bertz CT molecular complexity index is 360. The summed E-state index contributed by atoms with van der Waals surface area (Å²) < 4.78 is 24.4. The average Bonchev–Trinajstić information content (AvgIpc) is 2.47. The minimum Gasteiger partial charge on any atom is -0.315 e. The SMILES string of the molecule is CCCCCNCC(C)N1CCSCC1S(=O)(=O)CC. The summed E-state index contributed by atoms with van der Waals surface area (Å²) in [4.78, 5) is 2.18. The van der Waals surface area contributed by atoms with Crippen LogP contribution in [0.3, 0.4) is 0 Å². The van der Waals surface area contributed by atoms with Crippen LogP contribution in [0, 0.1) is 0 Å². The Morgan fingerprint density at radius 2 is 2.10 bits per heavy atom. The fraction of sp³-hybridized carbons (Fsp3) is 1.00. The first-order valence-electron chi connectivity index (χ1n) is 7.78. The maximum absolute atomic E-state index is 12.2. The molecule has 6 heteroatoms. The van der Waals surface area contributed by atoms with Crippen molar-refractivity contribution in [1.82, 2.24) is 10.2 Å². The second kappa shape index (κ2) is 9.28. The van der Waals surface area contributed by atoms with Crippen molar-refractivity contribution in [3.05, 3.63) is 0 Å². The van der Waals surface area contributed by atoms with Gasteiger partial charge < -0.3 is 5.32 Å². The number of hydrogen-bond acceptors (Lipinski definition) is 5. The molecule has 1 aliphatic rings. The maximum atomic E-state index is 12.2. The van der Waals surface area contributed by atoms with Gasteiger partial charge in [-0.25, -0.2) is 8.42 Å². The van der Waals surface area contributed by atoms with Crippen LogP contribution < -0.4 is 5.32 Å². The van der Waals surface area contributed by atoms with Crippen molar-refractivity contribution in [3.8, 4) is 0 Å². The maximum Gasteiger partial charge on any atom is 0.166 e. The average molecular weight is 323 g/mol. The molecule has 1 N–H and O–H groups in total. The molecule has 0 bridgehead atoms. The van der Waals surface area contributed by atoms with Crippen LogP contribution in [-0.4, -0.2) is 61.6 Å². The molecule has 1 heterocycles. The lowest BCUT2D eigenvalue weighted by molar-refractivity contribution is 0.200.